The highest BCUT2D eigenvalue weighted by Gasteiger charge is 2.14. The van der Waals surface area contributed by atoms with Crippen molar-refractivity contribution in [1.29, 1.82) is 0 Å². The number of nitrogens with zero attached hydrogens (tertiary/aromatic N) is 1. The quantitative estimate of drug-likeness (QED) is 0.520. The molecule has 0 aliphatic rings. The molecule has 4 aromatic rings. The minimum atomic E-state index is -0.205. The number of hydrogen-bond donors (Lipinski definition) is 2. The van der Waals surface area contributed by atoms with Gasteiger partial charge < -0.3 is 19.8 Å². The van der Waals surface area contributed by atoms with Gasteiger partial charge in [0.05, 0.1) is 31.2 Å². The van der Waals surface area contributed by atoms with E-state index in [1.54, 1.807) is 25.6 Å². The fraction of sp³-hybridized carbons (Fsp3) is 0.0909. The molecule has 2 heterocycles. The van der Waals surface area contributed by atoms with Crippen molar-refractivity contribution < 1.29 is 13.9 Å². The van der Waals surface area contributed by atoms with Gasteiger partial charge in [-0.25, -0.2) is 4.98 Å². The first kappa shape index (κ1) is 17.6. The SMILES string of the molecule is COc1ccccc1Nc1ncc(C(=O)NCc2ccco2)c2ccccc12. The number of hydrogen-bond acceptors (Lipinski definition) is 5. The smallest absolute Gasteiger partial charge is 0.253 e. The van der Waals surface area contributed by atoms with Crippen molar-refractivity contribution >= 4 is 28.2 Å². The fourth-order valence-corrected chi connectivity index (χ4v) is 3.02. The summed E-state index contributed by atoms with van der Waals surface area (Å²) in [7, 11) is 1.62. The molecule has 6 heteroatoms. The van der Waals surface area contributed by atoms with Crippen molar-refractivity contribution in [3.8, 4) is 5.75 Å². The van der Waals surface area contributed by atoms with E-state index in [9.17, 15) is 4.79 Å². The summed E-state index contributed by atoms with van der Waals surface area (Å²) in [5.74, 6) is 1.86. The van der Waals surface area contributed by atoms with Crippen molar-refractivity contribution in [3.05, 3.63) is 84.4 Å². The lowest BCUT2D eigenvalue weighted by molar-refractivity contribution is 0.0949. The number of nitrogens with one attached hydrogen (secondary N) is 2. The zero-order valence-electron chi connectivity index (χ0n) is 15.3. The van der Waals surface area contributed by atoms with Gasteiger partial charge in [0.15, 0.2) is 0 Å². The zero-order chi connectivity index (χ0) is 19.3. The van der Waals surface area contributed by atoms with E-state index in [4.69, 9.17) is 9.15 Å². The van der Waals surface area contributed by atoms with Crippen LogP contribution in [0.4, 0.5) is 11.5 Å². The van der Waals surface area contributed by atoms with Crippen molar-refractivity contribution in [2.24, 2.45) is 0 Å². The lowest BCUT2D eigenvalue weighted by Crippen LogP contribution is -2.23. The number of anilines is 2. The minimum Gasteiger partial charge on any atom is -0.495 e. The summed E-state index contributed by atoms with van der Waals surface area (Å²) >= 11 is 0. The molecule has 0 spiro atoms. The molecule has 0 radical (unpaired) electrons. The van der Waals surface area contributed by atoms with Gasteiger partial charge in [-0.1, -0.05) is 36.4 Å². The lowest BCUT2D eigenvalue weighted by atomic mass is 10.1. The summed E-state index contributed by atoms with van der Waals surface area (Å²) in [6.45, 7) is 0.321. The van der Waals surface area contributed by atoms with E-state index in [1.807, 2.05) is 54.6 Å². The zero-order valence-corrected chi connectivity index (χ0v) is 15.3. The summed E-state index contributed by atoms with van der Waals surface area (Å²) in [5, 5.41) is 7.83. The monoisotopic (exact) mass is 373 g/mol. The standard InChI is InChI=1S/C22H19N3O3/c1-27-20-11-5-4-10-19(20)25-21-17-9-3-2-8-16(17)18(14-23-21)22(26)24-13-15-7-6-12-28-15/h2-12,14H,13H2,1H3,(H,23,25)(H,24,26). The fourth-order valence-electron chi connectivity index (χ4n) is 3.02. The van der Waals surface area contributed by atoms with Crippen molar-refractivity contribution in [1.82, 2.24) is 10.3 Å². The molecule has 0 atom stereocenters. The molecule has 0 unspecified atom stereocenters. The third-order valence-electron chi connectivity index (χ3n) is 4.40. The third kappa shape index (κ3) is 3.53. The molecule has 2 aromatic carbocycles. The van der Waals surface area contributed by atoms with E-state index in [1.165, 1.54) is 0 Å². The van der Waals surface area contributed by atoms with Crippen LogP contribution in [0.25, 0.3) is 10.8 Å². The molecule has 1 amide bonds. The molecule has 6 nitrogen and oxygen atoms in total. The number of ether oxygens (including phenoxy) is 1. The molecule has 0 aliphatic carbocycles. The van der Waals surface area contributed by atoms with Gasteiger partial charge in [-0.2, -0.15) is 0 Å². The van der Waals surface area contributed by atoms with E-state index in [2.05, 4.69) is 15.6 Å². The van der Waals surface area contributed by atoms with Gasteiger partial charge in [-0.05, 0) is 29.7 Å². The van der Waals surface area contributed by atoms with Crippen LogP contribution < -0.4 is 15.4 Å². The number of furan rings is 1. The summed E-state index contributed by atoms with van der Waals surface area (Å²) in [4.78, 5) is 17.2. The Labute approximate surface area is 162 Å². The van der Waals surface area contributed by atoms with Crippen LogP contribution >= 0.6 is 0 Å². The lowest BCUT2D eigenvalue weighted by Gasteiger charge is -2.14. The first-order valence-electron chi connectivity index (χ1n) is 8.84. The second kappa shape index (κ2) is 7.84. The number of methoxy groups -OCH3 is 1. The predicted octanol–water partition coefficient (Wildman–Crippen LogP) is 4.51. The molecule has 28 heavy (non-hydrogen) atoms. The highest BCUT2D eigenvalue weighted by atomic mass is 16.5. The van der Waals surface area contributed by atoms with Gasteiger partial charge in [0, 0.05) is 11.6 Å². The van der Waals surface area contributed by atoms with Gasteiger partial charge in [0.1, 0.15) is 17.3 Å². The Kier molecular flexibility index (Phi) is 4.93. The second-order valence-electron chi connectivity index (χ2n) is 6.15. The van der Waals surface area contributed by atoms with E-state index in [0.29, 0.717) is 29.4 Å². The first-order valence-corrected chi connectivity index (χ1v) is 8.84. The van der Waals surface area contributed by atoms with Crippen LogP contribution in [0.3, 0.4) is 0 Å². The maximum Gasteiger partial charge on any atom is 0.253 e. The normalized spacial score (nSPS) is 10.6. The number of aromatic nitrogens is 1. The topological polar surface area (TPSA) is 76.4 Å². The molecule has 2 aromatic heterocycles. The maximum atomic E-state index is 12.7. The summed E-state index contributed by atoms with van der Waals surface area (Å²) < 4.78 is 10.7. The first-order chi connectivity index (χ1) is 13.8. The molecule has 0 aliphatic heterocycles. The molecule has 0 fully saturated rings. The molecular weight excluding hydrogens is 354 g/mol. The number of carbonyl (C=O) groups excluding carboxylic acids is 1. The van der Waals surface area contributed by atoms with Crippen LogP contribution in [0.15, 0.2) is 77.5 Å². The van der Waals surface area contributed by atoms with Gasteiger partial charge in [0.2, 0.25) is 0 Å². The van der Waals surface area contributed by atoms with Gasteiger partial charge in [0.25, 0.3) is 5.91 Å². The second-order valence-corrected chi connectivity index (χ2v) is 6.15. The largest absolute Gasteiger partial charge is 0.495 e. The molecule has 4 rings (SSSR count). The highest BCUT2D eigenvalue weighted by molar-refractivity contribution is 6.09. The molecule has 140 valence electrons. The summed E-state index contributed by atoms with van der Waals surface area (Å²) in [6, 6.07) is 18.9. The summed E-state index contributed by atoms with van der Waals surface area (Å²) in [6.07, 6.45) is 3.16. The van der Waals surface area contributed by atoms with Crippen LogP contribution in [0, 0.1) is 0 Å². The van der Waals surface area contributed by atoms with E-state index >= 15 is 0 Å². The van der Waals surface area contributed by atoms with E-state index < -0.39 is 0 Å². The average molecular weight is 373 g/mol. The van der Waals surface area contributed by atoms with Crippen LogP contribution in [0.2, 0.25) is 0 Å². The van der Waals surface area contributed by atoms with E-state index in [0.717, 1.165) is 16.5 Å². The van der Waals surface area contributed by atoms with Crippen LogP contribution in [-0.4, -0.2) is 18.0 Å². The third-order valence-corrected chi connectivity index (χ3v) is 4.40. The molecule has 0 saturated heterocycles. The average Bonchev–Trinajstić information content (AvgIpc) is 3.26. The Bertz CT molecular complexity index is 1110. The summed E-state index contributed by atoms with van der Waals surface area (Å²) in [5.41, 5.74) is 1.31. The maximum absolute atomic E-state index is 12.7. The van der Waals surface area contributed by atoms with Crippen molar-refractivity contribution in [2.75, 3.05) is 12.4 Å². The Morgan fingerprint density at radius 1 is 1.04 bits per heavy atom. The molecular formula is C22H19N3O3. The molecule has 2 N–H and O–H groups in total. The van der Waals surface area contributed by atoms with Gasteiger partial charge in [-0.3, -0.25) is 4.79 Å². The number of rotatable bonds is 6. The Hall–Kier alpha value is -3.80. The van der Waals surface area contributed by atoms with Crippen molar-refractivity contribution in [2.45, 2.75) is 6.54 Å². The minimum absolute atomic E-state index is 0.205. The Morgan fingerprint density at radius 3 is 2.61 bits per heavy atom. The number of para-hydroxylation sites is 2. The van der Waals surface area contributed by atoms with Gasteiger partial charge in [-0.15, -0.1) is 0 Å². The Balaban J connectivity index is 1.65. The van der Waals surface area contributed by atoms with Gasteiger partial charge >= 0.3 is 0 Å². The number of fused-ring (bicyclic) bond motifs is 1. The number of benzene rings is 2. The Morgan fingerprint density at radius 2 is 1.82 bits per heavy atom. The molecule has 0 saturated carbocycles. The molecule has 0 bridgehead atoms. The predicted molar refractivity (Wildman–Crippen MR) is 108 cm³/mol. The van der Waals surface area contributed by atoms with Crippen molar-refractivity contribution in [3.63, 3.8) is 0 Å². The highest BCUT2D eigenvalue weighted by Crippen LogP contribution is 2.31. The number of pyridine rings is 1. The number of amides is 1. The van der Waals surface area contributed by atoms with Crippen LogP contribution in [0.1, 0.15) is 16.1 Å². The van der Waals surface area contributed by atoms with E-state index in [-0.39, 0.29) is 5.91 Å². The van der Waals surface area contributed by atoms with Crippen LogP contribution in [0.5, 0.6) is 5.75 Å². The number of carbonyl (C=O) groups is 1. The van der Waals surface area contributed by atoms with Crippen LogP contribution in [-0.2, 0) is 6.54 Å².